The predicted molar refractivity (Wildman–Crippen MR) is 34.7 cm³/mol. The molecule has 0 bridgehead atoms. The maximum Gasteiger partial charge on any atom is 0.217 e. The van der Waals surface area contributed by atoms with Crippen LogP contribution in [0.15, 0.2) is 0 Å². The van der Waals surface area contributed by atoms with Crippen molar-refractivity contribution < 1.29 is 32.7 Å². The summed E-state index contributed by atoms with van der Waals surface area (Å²) in [6.07, 6.45) is 0. The van der Waals surface area contributed by atoms with E-state index in [9.17, 15) is 0 Å². The van der Waals surface area contributed by atoms with Gasteiger partial charge in [-0.2, -0.15) is 0 Å². The third kappa shape index (κ3) is 2.77. The van der Waals surface area contributed by atoms with E-state index in [1.54, 1.807) is 0 Å². The number of nitrogen functional groups attached to an aromatic ring is 2. The summed E-state index contributed by atoms with van der Waals surface area (Å²) in [7, 11) is 0. The Morgan fingerprint density at radius 2 is 1.90 bits per heavy atom. The zero-order valence-electron chi connectivity index (χ0n) is 5.00. The first-order chi connectivity index (χ1) is 4.18. The molecule has 4 N–H and O–H groups in total. The molecule has 0 aromatic carbocycles. The van der Waals surface area contributed by atoms with Gasteiger partial charge in [0.2, 0.25) is 5.95 Å². The SMILES string of the molecule is Nc1[c-]c(Cl)nc(N)n1.[Y]. The van der Waals surface area contributed by atoms with Gasteiger partial charge in [0.1, 0.15) is 0 Å². The molecule has 0 atom stereocenters. The number of hydrogen-bond acceptors (Lipinski definition) is 4. The van der Waals surface area contributed by atoms with E-state index in [-0.39, 0.29) is 49.6 Å². The van der Waals surface area contributed by atoms with Crippen LogP contribution in [0.3, 0.4) is 0 Å². The van der Waals surface area contributed by atoms with E-state index >= 15 is 0 Å². The van der Waals surface area contributed by atoms with Crippen molar-refractivity contribution in [3.05, 3.63) is 11.2 Å². The van der Waals surface area contributed by atoms with Crippen molar-refractivity contribution in [2.24, 2.45) is 0 Å². The summed E-state index contributed by atoms with van der Waals surface area (Å²) in [6, 6.07) is 2.45. The molecule has 0 saturated heterocycles. The maximum atomic E-state index is 5.38. The fourth-order valence-electron chi connectivity index (χ4n) is 0.411. The van der Waals surface area contributed by atoms with E-state index in [1.807, 2.05) is 0 Å². The van der Waals surface area contributed by atoms with Gasteiger partial charge in [0, 0.05) is 32.7 Å². The summed E-state index contributed by atoms with van der Waals surface area (Å²) in [5, 5.41) is 0.139. The van der Waals surface area contributed by atoms with Crippen LogP contribution in [0.5, 0.6) is 0 Å². The second-order valence-electron chi connectivity index (χ2n) is 1.38. The van der Waals surface area contributed by atoms with Crippen LogP contribution in [0.25, 0.3) is 0 Å². The van der Waals surface area contributed by atoms with E-state index in [4.69, 9.17) is 23.1 Å². The van der Waals surface area contributed by atoms with Gasteiger partial charge in [-0.3, -0.25) is 0 Å². The maximum absolute atomic E-state index is 5.38. The third-order valence-corrected chi connectivity index (χ3v) is 0.858. The van der Waals surface area contributed by atoms with Gasteiger partial charge in [-0.1, -0.05) is 5.82 Å². The average Bonchev–Trinajstić information content (AvgIpc) is 1.59. The second kappa shape index (κ2) is 4.06. The van der Waals surface area contributed by atoms with Crippen molar-refractivity contribution in [2.75, 3.05) is 11.5 Å². The molecule has 1 rings (SSSR count). The van der Waals surface area contributed by atoms with Crippen LogP contribution < -0.4 is 11.5 Å². The Morgan fingerprint density at radius 1 is 1.30 bits per heavy atom. The number of nitrogens with two attached hydrogens (primary N) is 2. The van der Waals surface area contributed by atoms with Crippen LogP contribution in [-0.4, -0.2) is 9.97 Å². The summed E-state index contributed by atoms with van der Waals surface area (Å²) in [6.45, 7) is 0. The molecule has 0 amide bonds. The molecule has 0 aliphatic carbocycles. The minimum atomic E-state index is 0. The van der Waals surface area contributed by atoms with Gasteiger partial charge in [-0.15, -0.1) is 11.6 Å². The van der Waals surface area contributed by atoms with Crippen LogP contribution in [0.2, 0.25) is 5.15 Å². The van der Waals surface area contributed by atoms with Gasteiger partial charge in [-0.05, 0) is 5.15 Å². The molecule has 0 unspecified atom stereocenters. The molecule has 0 fully saturated rings. The van der Waals surface area contributed by atoms with E-state index < -0.39 is 0 Å². The van der Waals surface area contributed by atoms with E-state index in [0.29, 0.717) is 0 Å². The number of halogens is 1. The fourth-order valence-corrected chi connectivity index (χ4v) is 0.594. The molecule has 1 radical (unpaired) electrons. The number of anilines is 2. The van der Waals surface area contributed by atoms with Gasteiger partial charge in [0.15, 0.2) is 0 Å². The van der Waals surface area contributed by atoms with Crippen molar-refractivity contribution in [1.29, 1.82) is 0 Å². The fraction of sp³-hybridized carbons (Fsp3) is 0. The molecule has 6 heteroatoms. The van der Waals surface area contributed by atoms with Crippen molar-refractivity contribution in [3.63, 3.8) is 0 Å². The summed E-state index contributed by atoms with van der Waals surface area (Å²) in [5.74, 6) is 0.226. The predicted octanol–water partition coefficient (Wildman–Crippen LogP) is 0.0921. The minimum Gasteiger partial charge on any atom is -0.413 e. The van der Waals surface area contributed by atoms with Crippen LogP contribution >= 0.6 is 11.6 Å². The Morgan fingerprint density at radius 3 is 2.30 bits per heavy atom. The molecule has 0 spiro atoms. The van der Waals surface area contributed by atoms with Gasteiger partial charge in [-0.25, -0.2) is 9.97 Å². The monoisotopic (exact) mass is 232 g/mol. The number of hydrogen-bond donors (Lipinski definition) is 2. The van der Waals surface area contributed by atoms with Gasteiger partial charge in [0.25, 0.3) is 0 Å². The number of rotatable bonds is 0. The summed E-state index contributed by atoms with van der Waals surface area (Å²) >= 11 is 5.38. The third-order valence-electron chi connectivity index (χ3n) is 0.679. The second-order valence-corrected chi connectivity index (χ2v) is 1.74. The molecule has 10 heavy (non-hydrogen) atoms. The van der Waals surface area contributed by atoms with Crippen LogP contribution in [-0.2, 0) is 32.7 Å². The molecule has 1 aromatic rings. The minimum absolute atomic E-state index is 0. The first-order valence-corrected chi connectivity index (χ1v) is 2.54. The van der Waals surface area contributed by atoms with Crippen molar-refractivity contribution >= 4 is 23.4 Å². The number of aromatic nitrogens is 2. The Kier molecular flexibility index (Phi) is 4.09. The molecule has 0 aliphatic heterocycles. The Hall–Kier alpha value is 0.0739. The molecule has 51 valence electrons. The van der Waals surface area contributed by atoms with E-state index in [0.717, 1.165) is 0 Å². The number of nitrogens with zero attached hydrogens (tertiary/aromatic N) is 2. The van der Waals surface area contributed by atoms with Gasteiger partial charge in [0.05, 0.1) is 0 Å². The van der Waals surface area contributed by atoms with Crippen molar-refractivity contribution in [1.82, 2.24) is 9.97 Å². The molecule has 1 heterocycles. The standard InChI is InChI=1S/C4H4ClN4.Y/c5-2-1-3(6)9-4(7)8-2;/h(H4,6,7,8,9);/q-1;. The average molecular weight is 232 g/mol. The smallest absolute Gasteiger partial charge is 0.217 e. The van der Waals surface area contributed by atoms with Crippen molar-refractivity contribution in [3.8, 4) is 0 Å². The zero-order valence-corrected chi connectivity index (χ0v) is 8.60. The van der Waals surface area contributed by atoms with E-state index in [1.165, 1.54) is 0 Å². The van der Waals surface area contributed by atoms with Crippen LogP contribution in [0.4, 0.5) is 11.8 Å². The largest absolute Gasteiger partial charge is 0.413 e. The first-order valence-electron chi connectivity index (χ1n) is 2.16. The molecular formula is C4H4ClN4Y-. The molecule has 0 saturated carbocycles. The Balaban J connectivity index is 0.000000810. The van der Waals surface area contributed by atoms with Crippen LogP contribution in [0.1, 0.15) is 0 Å². The Bertz CT molecular complexity index is 178. The summed E-state index contributed by atoms with van der Waals surface area (Å²) < 4.78 is 0. The molecular weight excluding hydrogens is 228 g/mol. The zero-order chi connectivity index (χ0) is 6.85. The van der Waals surface area contributed by atoms with Gasteiger partial charge >= 0.3 is 0 Å². The normalized spacial score (nSPS) is 8.50. The summed E-state index contributed by atoms with van der Waals surface area (Å²) in [4.78, 5) is 7.07. The summed E-state index contributed by atoms with van der Waals surface area (Å²) in [5.41, 5.74) is 10.3. The molecule has 1 aromatic heterocycles. The molecule has 4 nitrogen and oxygen atoms in total. The van der Waals surface area contributed by atoms with E-state index in [2.05, 4.69) is 16.0 Å². The Labute approximate surface area is 88.2 Å². The van der Waals surface area contributed by atoms with Crippen LogP contribution in [0, 0.1) is 6.07 Å². The quantitative estimate of drug-likeness (QED) is 0.491. The molecule has 0 aliphatic rings. The van der Waals surface area contributed by atoms with Crippen molar-refractivity contribution in [2.45, 2.75) is 0 Å². The first kappa shape index (κ1) is 10.1. The van der Waals surface area contributed by atoms with Gasteiger partial charge < -0.3 is 17.5 Å². The topological polar surface area (TPSA) is 77.8 Å².